The van der Waals surface area contributed by atoms with Gasteiger partial charge in [0.2, 0.25) is 0 Å². The van der Waals surface area contributed by atoms with Gasteiger partial charge in [0.1, 0.15) is 0 Å². The molecular formula is C22H30N2S. The van der Waals surface area contributed by atoms with Gasteiger partial charge in [-0.3, -0.25) is 0 Å². The van der Waals surface area contributed by atoms with Crippen LogP contribution in [0, 0.1) is 0 Å². The summed E-state index contributed by atoms with van der Waals surface area (Å²) in [6, 6.07) is 22.4. The van der Waals surface area contributed by atoms with Crippen LogP contribution < -0.4 is 10.2 Å². The lowest BCUT2D eigenvalue weighted by Crippen LogP contribution is -2.39. The minimum absolute atomic E-state index is 0.733. The second-order valence-electron chi connectivity index (χ2n) is 6.76. The van der Waals surface area contributed by atoms with Gasteiger partial charge in [0.25, 0.3) is 0 Å². The number of hydrogen-bond acceptors (Lipinski definition) is 3. The molecule has 0 spiro atoms. The summed E-state index contributed by atoms with van der Waals surface area (Å²) < 4.78 is 0. The summed E-state index contributed by atoms with van der Waals surface area (Å²) in [5.74, 6) is 2.28. The van der Waals surface area contributed by atoms with Crippen LogP contribution in [-0.2, 0) is 5.75 Å². The molecule has 0 bridgehead atoms. The van der Waals surface area contributed by atoms with Gasteiger partial charge in [0, 0.05) is 42.9 Å². The van der Waals surface area contributed by atoms with Crippen molar-refractivity contribution in [1.82, 2.24) is 5.32 Å². The van der Waals surface area contributed by atoms with Gasteiger partial charge in [-0.25, -0.2) is 0 Å². The first-order valence-corrected chi connectivity index (χ1v) is 10.7. The Hall–Kier alpha value is -1.45. The molecule has 0 atom stereocenters. The van der Waals surface area contributed by atoms with Crippen LogP contribution >= 0.6 is 11.8 Å². The first-order chi connectivity index (χ1) is 12.4. The van der Waals surface area contributed by atoms with Gasteiger partial charge in [-0.2, -0.15) is 11.8 Å². The molecule has 2 aromatic carbocycles. The molecule has 3 heteroatoms. The molecule has 1 N–H and O–H groups in total. The summed E-state index contributed by atoms with van der Waals surface area (Å²) in [6.07, 6.45) is 5.47. The van der Waals surface area contributed by atoms with Gasteiger partial charge in [-0.15, -0.1) is 0 Å². The molecule has 0 amide bonds. The SMILES string of the molecule is c1ccc(CSCCNCCN(c2ccccc2)C2CCCC2)cc1. The highest BCUT2D eigenvalue weighted by Crippen LogP contribution is 2.27. The predicted molar refractivity (Wildman–Crippen MR) is 112 cm³/mol. The molecule has 0 saturated heterocycles. The van der Waals surface area contributed by atoms with Crippen molar-refractivity contribution in [2.75, 3.05) is 30.3 Å². The summed E-state index contributed by atoms with van der Waals surface area (Å²) >= 11 is 2.01. The molecule has 2 nitrogen and oxygen atoms in total. The number of anilines is 1. The lowest BCUT2D eigenvalue weighted by molar-refractivity contribution is 0.583. The minimum Gasteiger partial charge on any atom is -0.367 e. The quantitative estimate of drug-likeness (QED) is 0.607. The molecule has 1 saturated carbocycles. The van der Waals surface area contributed by atoms with Crippen LogP contribution in [0.3, 0.4) is 0 Å². The second kappa shape index (κ2) is 10.5. The van der Waals surface area contributed by atoms with E-state index in [-0.39, 0.29) is 0 Å². The van der Waals surface area contributed by atoms with E-state index in [9.17, 15) is 0 Å². The lowest BCUT2D eigenvalue weighted by Gasteiger charge is -2.31. The molecule has 0 aromatic heterocycles. The molecule has 1 fully saturated rings. The van der Waals surface area contributed by atoms with Crippen LogP contribution in [-0.4, -0.2) is 31.4 Å². The third-order valence-electron chi connectivity index (χ3n) is 4.92. The van der Waals surface area contributed by atoms with Crippen molar-refractivity contribution < 1.29 is 0 Å². The van der Waals surface area contributed by atoms with Crippen LogP contribution in [0.2, 0.25) is 0 Å². The lowest BCUT2D eigenvalue weighted by atomic mass is 10.1. The Labute approximate surface area is 157 Å². The van der Waals surface area contributed by atoms with Crippen molar-refractivity contribution in [3.05, 3.63) is 66.2 Å². The van der Waals surface area contributed by atoms with Gasteiger partial charge in [0.15, 0.2) is 0 Å². The van der Waals surface area contributed by atoms with E-state index in [1.54, 1.807) is 0 Å². The molecule has 3 rings (SSSR count). The summed E-state index contributed by atoms with van der Waals surface area (Å²) in [7, 11) is 0. The van der Waals surface area contributed by atoms with Crippen LogP contribution in [0.5, 0.6) is 0 Å². The molecule has 1 aliphatic rings. The van der Waals surface area contributed by atoms with Crippen molar-refractivity contribution in [3.8, 4) is 0 Å². The highest BCUT2D eigenvalue weighted by atomic mass is 32.2. The monoisotopic (exact) mass is 354 g/mol. The smallest absolute Gasteiger partial charge is 0.0369 e. The zero-order chi connectivity index (χ0) is 17.2. The van der Waals surface area contributed by atoms with E-state index < -0.39 is 0 Å². The molecule has 0 unspecified atom stereocenters. The Morgan fingerprint density at radius 2 is 1.56 bits per heavy atom. The van der Waals surface area contributed by atoms with Crippen LogP contribution in [0.15, 0.2) is 60.7 Å². The van der Waals surface area contributed by atoms with Crippen LogP contribution in [0.25, 0.3) is 0 Å². The Morgan fingerprint density at radius 1 is 0.880 bits per heavy atom. The highest BCUT2D eigenvalue weighted by Gasteiger charge is 2.22. The molecule has 2 aromatic rings. The normalized spacial score (nSPS) is 14.7. The van der Waals surface area contributed by atoms with Crippen molar-refractivity contribution in [2.45, 2.75) is 37.5 Å². The molecule has 1 aliphatic carbocycles. The number of rotatable bonds is 10. The maximum absolute atomic E-state index is 3.63. The second-order valence-corrected chi connectivity index (χ2v) is 7.86. The zero-order valence-corrected chi connectivity index (χ0v) is 15.9. The summed E-state index contributed by atoms with van der Waals surface area (Å²) in [4.78, 5) is 2.62. The fourth-order valence-corrected chi connectivity index (χ4v) is 4.45. The first kappa shape index (κ1) is 18.3. The first-order valence-electron chi connectivity index (χ1n) is 9.57. The number of hydrogen-bond donors (Lipinski definition) is 1. The van der Waals surface area contributed by atoms with E-state index in [4.69, 9.17) is 0 Å². The van der Waals surface area contributed by atoms with Crippen molar-refractivity contribution in [3.63, 3.8) is 0 Å². The van der Waals surface area contributed by atoms with Crippen molar-refractivity contribution >= 4 is 17.4 Å². The van der Waals surface area contributed by atoms with Gasteiger partial charge >= 0.3 is 0 Å². The van der Waals surface area contributed by atoms with Crippen molar-refractivity contribution in [1.29, 1.82) is 0 Å². The molecular weight excluding hydrogens is 324 g/mol. The van der Waals surface area contributed by atoms with E-state index in [2.05, 4.69) is 70.9 Å². The fourth-order valence-electron chi connectivity index (χ4n) is 3.59. The molecule has 134 valence electrons. The van der Waals surface area contributed by atoms with Gasteiger partial charge in [0.05, 0.1) is 0 Å². The largest absolute Gasteiger partial charge is 0.367 e. The van der Waals surface area contributed by atoms with E-state index in [1.165, 1.54) is 42.7 Å². The molecule has 25 heavy (non-hydrogen) atoms. The minimum atomic E-state index is 0.733. The van der Waals surface area contributed by atoms with E-state index in [1.807, 2.05) is 11.8 Å². The number of nitrogens with one attached hydrogen (secondary N) is 1. The third kappa shape index (κ3) is 6.09. The Balaban J connectivity index is 1.35. The van der Waals surface area contributed by atoms with E-state index >= 15 is 0 Å². The number of thioether (sulfide) groups is 1. The maximum atomic E-state index is 3.63. The average molecular weight is 355 g/mol. The van der Waals surface area contributed by atoms with Crippen molar-refractivity contribution in [2.24, 2.45) is 0 Å². The van der Waals surface area contributed by atoms with E-state index in [0.717, 1.165) is 31.4 Å². The standard InChI is InChI=1S/C22H30N2S/c1-3-9-20(10-4-1)19-25-18-16-23-15-17-24(22-13-7-8-14-22)21-11-5-2-6-12-21/h1-6,9-12,22-23H,7-8,13-19H2. The Bertz CT molecular complexity index is 581. The third-order valence-corrected chi connectivity index (χ3v) is 5.95. The number of benzene rings is 2. The maximum Gasteiger partial charge on any atom is 0.0369 e. The van der Waals surface area contributed by atoms with Gasteiger partial charge in [-0.1, -0.05) is 61.4 Å². The molecule has 0 heterocycles. The molecule has 0 aliphatic heterocycles. The summed E-state index contributed by atoms with van der Waals surface area (Å²) in [5, 5.41) is 3.63. The van der Waals surface area contributed by atoms with E-state index in [0.29, 0.717) is 0 Å². The fraction of sp³-hybridized carbons (Fsp3) is 0.455. The highest BCUT2D eigenvalue weighted by molar-refractivity contribution is 7.98. The van der Waals surface area contributed by atoms with Crippen LogP contribution in [0.4, 0.5) is 5.69 Å². The van der Waals surface area contributed by atoms with Gasteiger partial charge in [-0.05, 0) is 30.5 Å². The Kier molecular flexibility index (Phi) is 7.72. The number of nitrogens with zero attached hydrogens (tertiary/aromatic N) is 1. The average Bonchev–Trinajstić information content (AvgIpc) is 3.20. The topological polar surface area (TPSA) is 15.3 Å². The summed E-state index contributed by atoms with van der Waals surface area (Å²) in [5.41, 5.74) is 2.80. The van der Waals surface area contributed by atoms with Gasteiger partial charge < -0.3 is 10.2 Å². The van der Waals surface area contributed by atoms with Crippen LogP contribution in [0.1, 0.15) is 31.2 Å². The summed E-state index contributed by atoms with van der Waals surface area (Å²) in [6.45, 7) is 3.26. The zero-order valence-electron chi connectivity index (χ0n) is 15.1. The Morgan fingerprint density at radius 3 is 2.28 bits per heavy atom. The number of para-hydroxylation sites is 1. The molecule has 0 radical (unpaired) electrons. The predicted octanol–water partition coefficient (Wildman–Crippen LogP) is 4.96.